The third kappa shape index (κ3) is 1.68. The summed E-state index contributed by atoms with van der Waals surface area (Å²) in [7, 11) is 1.72. The predicted octanol–water partition coefficient (Wildman–Crippen LogP) is 0.958. The summed E-state index contributed by atoms with van der Waals surface area (Å²) in [6.07, 6.45) is 0.417. The van der Waals surface area contributed by atoms with Gasteiger partial charge in [-0.1, -0.05) is 5.64 Å². The molecule has 0 radical (unpaired) electrons. The van der Waals surface area contributed by atoms with Gasteiger partial charge in [0.2, 0.25) is 0 Å². The Morgan fingerprint density at radius 1 is 1.47 bits per heavy atom. The third-order valence-corrected chi connectivity index (χ3v) is 4.33. The maximum atomic E-state index is 12.5. The molecule has 2 amide bonds. The van der Waals surface area contributed by atoms with Crippen molar-refractivity contribution >= 4 is 28.2 Å². The number of carbonyl (C=O) groups excluding carboxylic acids is 2. The molecule has 8 heteroatoms. The van der Waals surface area contributed by atoms with E-state index in [4.69, 9.17) is 9.68 Å². The first-order chi connectivity index (χ1) is 9.08. The summed E-state index contributed by atoms with van der Waals surface area (Å²) in [6, 6.07) is 0. The maximum absolute atomic E-state index is 12.5. The van der Waals surface area contributed by atoms with Crippen LogP contribution < -0.4 is 11.0 Å². The molecule has 102 valence electrons. The molecule has 0 aliphatic carbocycles. The minimum Gasteiger partial charge on any atom is -0.379 e. The van der Waals surface area contributed by atoms with Crippen molar-refractivity contribution in [3.05, 3.63) is 16.5 Å². The number of hydrogen-bond donors (Lipinski definition) is 2. The third-order valence-electron chi connectivity index (χ3n) is 3.33. The van der Waals surface area contributed by atoms with Crippen LogP contribution in [0.15, 0.2) is 5.38 Å². The molecule has 2 aliphatic heterocycles. The van der Waals surface area contributed by atoms with Gasteiger partial charge in [0.1, 0.15) is 5.00 Å². The van der Waals surface area contributed by atoms with Crippen molar-refractivity contribution in [2.24, 2.45) is 0 Å². The highest BCUT2D eigenvalue weighted by molar-refractivity contribution is 7.15. The molecule has 19 heavy (non-hydrogen) atoms. The minimum atomic E-state index is -1.03. The molecule has 1 atom stereocenters. The Bertz CT molecular complexity index is 550. The molecule has 1 saturated heterocycles. The monoisotopic (exact) mass is 283 g/mol. The van der Waals surface area contributed by atoms with Crippen molar-refractivity contribution in [2.75, 3.05) is 19.0 Å². The number of hydrogen-bond acceptors (Lipinski definition) is 7. The highest BCUT2D eigenvalue weighted by atomic mass is 32.1. The molecule has 7 nitrogen and oxygen atoms in total. The van der Waals surface area contributed by atoms with Crippen LogP contribution in [-0.4, -0.2) is 36.1 Å². The standard InChI is InChI=1S/C11H13N3O4S/c1-11(3-4-17-13-18-11)14-9(15)6-5-19-8(12-2)7(6)10(14)16/h5,12-13H,3-4H2,1-2H3. The Morgan fingerprint density at radius 2 is 2.26 bits per heavy atom. The van der Waals surface area contributed by atoms with Crippen LogP contribution in [0.1, 0.15) is 34.1 Å². The molecule has 0 aromatic carbocycles. The van der Waals surface area contributed by atoms with Crippen molar-refractivity contribution in [1.29, 1.82) is 0 Å². The molecule has 1 aromatic heterocycles. The van der Waals surface area contributed by atoms with Gasteiger partial charge in [-0.2, -0.15) is 0 Å². The lowest BCUT2D eigenvalue weighted by Gasteiger charge is -2.38. The van der Waals surface area contributed by atoms with Crippen LogP contribution in [-0.2, 0) is 9.68 Å². The molecule has 1 unspecified atom stereocenters. The van der Waals surface area contributed by atoms with Crippen LogP contribution in [0.3, 0.4) is 0 Å². The summed E-state index contributed by atoms with van der Waals surface area (Å²) < 4.78 is 0. The van der Waals surface area contributed by atoms with Gasteiger partial charge in [-0.25, -0.2) is 9.74 Å². The van der Waals surface area contributed by atoms with E-state index in [2.05, 4.69) is 11.0 Å². The van der Waals surface area contributed by atoms with E-state index < -0.39 is 5.72 Å². The largest absolute Gasteiger partial charge is 0.379 e. The Labute approximate surface area is 113 Å². The number of carbonyl (C=O) groups is 2. The van der Waals surface area contributed by atoms with Crippen LogP contribution in [0, 0.1) is 0 Å². The van der Waals surface area contributed by atoms with Crippen LogP contribution in [0.25, 0.3) is 0 Å². The molecule has 1 aromatic rings. The van der Waals surface area contributed by atoms with Gasteiger partial charge < -0.3 is 5.32 Å². The zero-order valence-corrected chi connectivity index (χ0v) is 11.3. The topological polar surface area (TPSA) is 79.9 Å². The van der Waals surface area contributed by atoms with E-state index in [0.29, 0.717) is 29.2 Å². The summed E-state index contributed by atoms with van der Waals surface area (Å²) >= 11 is 1.35. The molecule has 0 saturated carbocycles. The van der Waals surface area contributed by atoms with E-state index in [-0.39, 0.29) is 11.8 Å². The average Bonchev–Trinajstić information content (AvgIpc) is 2.92. The van der Waals surface area contributed by atoms with E-state index in [9.17, 15) is 9.59 Å². The molecule has 2 N–H and O–H groups in total. The van der Waals surface area contributed by atoms with Crippen LogP contribution in [0.4, 0.5) is 5.00 Å². The van der Waals surface area contributed by atoms with Gasteiger partial charge in [0.15, 0.2) is 5.72 Å². The molecule has 0 bridgehead atoms. The Balaban J connectivity index is 2.00. The molecular weight excluding hydrogens is 270 g/mol. The first kappa shape index (κ1) is 12.5. The summed E-state index contributed by atoms with van der Waals surface area (Å²) in [4.78, 5) is 36.1. The summed E-state index contributed by atoms with van der Waals surface area (Å²) in [5.74, 6) is -0.666. The number of fused-ring (bicyclic) bond motifs is 1. The van der Waals surface area contributed by atoms with Crippen LogP contribution in [0.2, 0.25) is 0 Å². The van der Waals surface area contributed by atoms with E-state index in [1.54, 1.807) is 19.4 Å². The lowest BCUT2D eigenvalue weighted by molar-refractivity contribution is -0.302. The number of amides is 2. The smallest absolute Gasteiger partial charge is 0.266 e. The lowest BCUT2D eigenvalue weighted by Crippen LogP contribution is -2.57. The lowest BCUT2D eigenvalue weighted by atomic mass is 10.1. The fraction of sp³-hybridized carbons (Fsp3) is 0.455. The predicted molar refractivity (Wildman–Crippen MR) is 67.6 cm³/mol. The fourth-order valence-corrected chi connectivity index (χ4v) is 3.16. The van der Waals surface area contributed by atoms with Crippen molar-refractivity contribution in [2.45, 2.75) is 19.1 Å². The van der Waals surface area contributed by atoms with Crippen molar-refractivity contribution in [3.8, 4) is 0 Å². The highest BCUT2D eigenvalue weighted by Crippen LogP contribution is 2.39. The molecule has 0 spiro atoms. The molecular formula is C11H13N3O4S. The Morgan fingerprint density at radius 3 is 2.89 bits per heavy atom. The number of nitrogens with one attached hydrogen (secondary N) is 2. The average molecular weight is 283 g/mol. The normalized spacial score (nSPS) is 26.7. The van der Waals surface area contributed by atoms with Gasteiger partial charge in [0, 0.05) is 18.8 Å². The minimum absolute atomic E-state index is 0.330. The second kappa shape index (κ2) is 4.27. The van der Waals surface area contributed by atoms with Crippen LogP contribution >= 0.6 is 11.3 Å². The van der Waals surface area contributed by atoms with E-state index in [1.165, 1.54) is 11.3 Å². The van der Waals surface area contributed by atoms with E-state index in [0.717, 1.165) is 4.90 Å². The molecule has 1 fully saturated rings. The van der Waals surface area contributed by atoms with Gasteiger partial charge in [-0.15, -0.1) is 11.3 Å². The number of nitrogens with zero attached hydrogens (tertiary/aromatic N) is 1. The summed E-state index contributed by atoms with van der Waals surface area (Å²) in [5.41, 5.74) is 2.10. The quantitative estimate of drug-likeness (QED) is 0.787. The second-order valence-electron chi connectivity index (χ2n) is 4.51. The summed E-state index contributed by atoms with van der Waals surface area (Å²) in [6.45, 7) is 2.05. The van der Waals surface area contributed by atoms with E-state index >= 15 is 0 Å². The zero-order valence-electron chi connectivity index (χ0n) is 10.5. The summed E-state index contributed by atoms with van der Waals surface area (Å²) in [5, 5.41) is 5.32. The van der Waals surface area contributed by atoms with Gasteiger partial charge >= 0.3 is 0 Å². The first-order valence-electron chi connectivity index (χ1n) is 5.81. The Kier molecular flexibility index (Phi) is 2.82. The van der Waals surface area contributed by atoms with Crippen LogP contribution in [0.5, 0.6) is 0 Å². The number of imide groups is 1. The first-order valence-corrected chi connectivity index (χ1v) is 6.69. The Hall–Kier alpha value is -1.48. The molecule has 3 heterocycles. The second-order valence-corrected chi connectivity index (χ2v) is 5.39. The van der Waals surface area contributed by atoms with Crippen molar-refractivity contribution in [3.63, 3.8) is 0 Å². The van der Waals surface area contributed by atoms with Crippen molar-refractivity contribution in [1.82, 2.24) is 10.5 Å². The zero-order chi connectivity index (χ0) is 13.6. The van der Waals surface area contributed by atoms with E-state index in [1.807, 2.05) is 0 Å². The molecule has 2 aliphatic rings. The van der Waals surface area contributed by atoms with Gasteiger partial charge in [-0.3, -0.25) is 14.4 Å². The number of rotatable bonds is 2. The number of thiophene rings is 1. The SMILES string of the molecule is CNc1scc2c1C(=O)N(C1(C)CCONO1)C2=O. The number of anilines is 1. The highest BCUT2D eigenvalue weighted by Gasteiger charge is 2.50. The fourth-order valence-electron chi connectivity index (χ4n) is 2.28. The van der Waals surface area contributed by atoms with Gasteiger partial charge in [-0.05, 0) is 6.92 Å². The maximum Gasteiger partial charge on any atom is 0.266 e. The molecule has 3 rings (SSSR count). The van der Waals surface area contributed by atoms with Gasteiger partial charge in [0.05, 0.1) is 17.7 Å². The van der Waals surface area contributed by atoms with Crippen molar-refractivity contribution < 1.29 is 19.3 Å². The van der Waals surface area contributed by atoms with Gasteiger partial charge in [0.25, 0.3) is 11.8 Å².